The first kappa shape index (κ1) is 14.5. The van der Waals surface area contributed by atoms with Crippen molar-refractivity contribution in [3.8, 4) is 0 Å². The SMILES string of the molecule is Cc1nc2c(s1)CCCC2CNC(=O)NCc1cscn1. The largest absolute Gasteiger partial charge is 0.337 e. The summed E-state index contributed by atoms with van der Waals surface area (Å²) in [4.78, 5) is 22.0. The van der Waals surface area contributed by atoms with E-state index in [1.54, 1.807) is 16.8 Å². The van der Waals surface area contributed by atoms with E-state index >= 15 is 0 Å². The molecule has 2 amide bonds. The lowest BCUT2D eigenvalue weighted by atomic mass is 9.91. The third kappa shape index (κ3) is 3.59. The van der Waals surface area contributed by atoms with E-state index in [-0.39, 0.29) is 6.03 Å². The third-order valence-electron chi connectivity index (χ3n) is 3.60. The molecule has 0 fully saturated rings. The van der Waals surface area contributed by atoms with Crippen molar-refractivity contribution >= 4 is 28.7 Å². The Bertz CT molecular complexity index is 609. The van der Waals surface area contributed by atoms with Crippen LogP contribution in [0.4, 0.5) is 4.79 Å². The molecule has 2 aromatic rings. The van der Waals surface area contributed by atoms with E-state index in [2.05, 4.69) is 20.6 Å². The maximum absolute atomic E-state index is 11.8. The molecule has 1 aliphatic rings. The van der Waals surface area contributed by atoms with Crippen molar-refractivity contribution in [2.24, 2.45) is 0 Å². The minimum absolute atomic E-state index is 0.137. The maximum Gasteiger partial charge on any atom is 0.315 e. The number of hydrogen-bond donors (Lipinski definition) is 2. The van der Waals surface area contributed by atoms with Crippen LogP contribution in [0.15, 0.2) is 10.9 Å². The molecule has 2 N–H and O–H groups in total. The van der Waals surface area contributed by atoms with Crippen molar-refractivity contribution in [2.75, 3.05) is 6.54 Å². The molecule has 1 aliphatic carbocycles. The summed E-state index contributed by atoms with van der Waals surface area (Å²) in [6.45, 7) is 3.17. The van der Waals surface area contributed by atoms with Crippen LogP contribution in [-0.2, 0) is 13.0 Å². The van der Waals surface area contributed by atoms with E-state index in [9.17, 15) is 4.79 Å². The lowest BCUT2D eigenvalue weighted by Crippen LogP contribution is -2.38. The third-order valence-corrected chi connectivity index (χ3v) is 5.28. The van der Waals surface area contributed by atoms with Crippen LogP contribution in [0.25, 0.3) is 0 Å². The van der Waals surface area contributed by atoms with Gasteiger partial charge in [-0.2, -0.15) is 0 Å². The first-order valence-corrected chi connectivity index (χ1v) is 8.83. The van der Waals surface area contributed by atoms with Crippen LogP contribution >= 0.6 is 22.7 Å². The predicted molar refractivity (Wildman–Crippen MR) is 84.9 cm³/mol. The summed E-state index contributed by atoms with van der Waals surface area (Å²) in [5, 5.41) is 8.85. The number of carbonyl (C=O) groups is 1. The van der Waals surface area contributed by atoms with Gasteiger partial charge in [-0.1, -0.05) is 0 Å². The van der Waals surface area contributed by atoms with Crippen LogP contribution in [0.2, 0.25) is 0 Å². The molecule has 7 heteroatoms. The Labute approximate surface area is 131 Å². The highest BCUT2D eigenvalue weighted by atomic mass is 32.1. The second kappa shape index (κ2) is 6.53. The Morgan fingerprint density at radius 3 is 3.19 bits per heavy atom. The van der Waals surface area contributed by atoms with Crippen LogP contribution < -0.4 is 10.6 Å². The molecule has 1 atom stereocenters. The van der Waals surface area contributed by atoms with Gasteiger partial charge < -0.3 is 10.6 Å². The maximum atomic E-state index is 11.8. The van der Waals surface area contributed by atoms with Crippen molar-refractivity contribution in [1.82, 2.24) is 20.6 Å². The van der Waals surface area contributed by atoms with Crippen LogP contribution in [0, 0.1) is 6.92 Å². The Hall–Kier alpha value is -1.47. The molecule has 3 rings (SSSR count). The highest BCUT2D eigenvalue weighted by molar-refractivity contribution is 7.11. The number of rotatable bonds is 4. The topological polar surface area (TPSA) is 66.9 Å². The van der Waals surface area contributed by atoms with Gasteiger partial charge in [0.1, 0.15) is 0 Å². The summed E-state index contributed by atoms with van der Waals surface area (Å²) >= 11 is 3.32. The number of carbonyl (C=O) groups excluding carboxylic acids is 1. The first-order valence-electron chi connectivity index (χ1n) is 7.07. The van der Waals surface area contributed by atoms with Gasteiger partial charge in [0.15, 0.2) is 0 Å². The molecule has 0 spiro atoms. The van der Waals surface area contributed by atoms with E-state index < -0.39 is 0 Å². The average molecular weight is 322 g/mol. The van der Waals surface area contributed by atoms with Crippen molar-refractivity contribution in [2.45, 2.75) is 38.6 Å². The van der Waals surface area contributed by atoms with Gasteiger partial charge in [0.05, 0.1) is 28.5 Å². The summed E-state index contributed by atoms with van der Waals surface area (Å²) in [5.74, 6) is 0.351. The fourth-order valence-corrected chi connectivity index (χ4v) is 4.22. The molecular formula is C14H18N4OS2. The molecule has 0 bridgehead atoms. The summed E-state index contributed by atoms with van der Waals surface area (Å²) in [5.41, 5.74) is 3.86. The number of urea groups is 1. The van der Waals surface area contributed by atoms with E-state index in [1.807, 2.05) is 12.3 Å². The zero-order valence-corrected chi connectivity index (χ0v) is 13.5. The molecule has 21 heavy (non-hydrogen) atoms. The Kier molecular flexibility index (Phi) is 4.50. The number of aryl methyl sites for hydroxylation is 2. The van der Waals surface area contributed by atoms with E-state index in [1.165, 1.54) is 28.3 Å². The number of hydrogen-bond acceptors (Lipinski definition) is 5. The minimum atomic E-state index is -0.137. The summed E-state index contributed by atoms with van der Waals surface area (Å²) in [6.07, 6.45) is 3.41. The van der Waals surface area contributed by atoms with Crippen molar-refractivity contribution in [3.05, 3.63) is 32.2 Å². The number of nitrogens with one attached hydrogen (secondary N) is 2. The van der Waals surface area contributed by atoms with Gasteiger partial charge >= 0.3 is 6.03 Å². The lowest BCUT2D eigenvalue weighted by molar-refractivity contribution is 0.239. The normalized spacial score (nSPS) is 17.3. The molecule has 0 saturated heterocycles. The minimum Gasteiger partial charge on any atom is -0.337 e. The van der Waals surface area contributed by atoms with Crippen molar-refractivity contribution < 1.29 is 4.79 Å². The number of thiazole rings is 2. The van der Waals surface area contributed by atoms with Crippen LogP contribution in [0.5, 0.6) is 0 Å². The van der Waals surface area contributed by atoms with Gasteiger partial charge in [-0.05, 0) is 26.2 Å². The molecule has 0 saturated carbocycles. The monoisotopic (exact) mass is 322 g/mol. The summed E-state index contributed by atoms with van der Waals surface area (Å²) < 4.78 is 0. The zero-order chi connectivity index (χ0) is 14.7. The molecular weight excluding hydrogens is 304 g/mol. The lowest BCUT2D eigenvalue weighted by Gasteiger charge is -2.21. The number of aromatic nitrogens is 2. The second-order valence-electron chi connectivity index (χ2n) is 5.17. The van der Waals surface area contributed by atoms with Crippen LogP contribution in [0.3, 0.4) is 0 Å². The van der Waals surface area contributed by atoms with Gasteiger partial charge in [-0.3, -0.25) is 0 Å². The van der Waals surface area contributed by atoms with Gasteiger partial charge in [0.2, 0.25) is 0 Å². The zero-order valence-electron chi connectivity index (χ0n) is 11.9. The fourth-order valence-electron chi connectivity index (χ4n) is 2.60. The standard InChI is InChI=1S/C14H18N4OS2/c1-9-18-13-10(3-2-4-12(13)21-9)5-15-14(19)16-6-11-7-20-8-17-11/h7-8,10H,2-6H2,1H3,(H2,15,16,19). The first-order chi connectivity index (χ1) is 10.2. The molecule has 112 valence electrons. The van der Waals surface area contributed by atoms with E-state index in [0.717, 1.165) is 23.5 Å². The molecule has 2 aromatic heterocycles. The van der Waals surface area contributed by atoms with Gasteiger partial charge in [0, 0.05) is 22.7 Å². The molecule has 0 radical (unpaired) electrons. The van der Waals surface area contributed by atoms with Crippen LogP contribution in [0.1, 0.15) is 40.0 Å². The average Bonchev–Trinajstić information content (AvgIpc) is 3.10. The van der Waals surface area contributed by atoms with E-state index in [0.29, 0.717) is 19.0 Å². The second-order valence-corrected chi connectivity index (χ2v) is 7.18. The molecule has 2 heterocycles. The van der Waals surface area contributed by atoms with Gasteiger partial charge in [0.25, 0.3) is 0 Å². The Morgan fingerprint density at radius 1 is 1.48 bits per heavy atom. The van der Waals surface area contributed by atoms with Crippen LogP contribution in [-0.4, -0.2) is 22.5 Å². The van der Waals surface area contributed by atoms with Gasteiger partial charge in [-0.15, -0.1) is 22.7 Å². The summed E-state index contributed by atoms with van der Waals surface area (Å²) in [7, 11) is 0. The number of nitrogens with zero attached hydrogens (tertiary/aromatic N) is 2. The molecule has 0 aliphatic heterocycles. The molecule has 1 unspecified atom stereocenters. The summed E-state index contributed by atoms with van der Waals surface area (Å²) in [6, 6.07) is -0.137. The number of amides is 2. The highest BCUT2D eigenvalue weighted by Crippen LogP contribution is 2.34. The molecule has 5 nitrogen and oxygen atoms in total. The smallest absolute Gasteiger partial charge is 0.315 e. The predicted octanol–water partition coefficient (Wildman–Crippen LogP) is 2.83. The van der Waals surface area contributed by atoms with E-state index in [4.69, 9.17) is 0 Å². The quantitative estimate of drug-likeness (QED) is 0.909. The Balaban J connectivity index is 1.50. The van der Waals surface area contributed by atoms with Crippen molar-refractivity contribution in [3.63, 3.8) is 0 Å². The highest BCUT2D eigenvalue weighted by Gasteiger charge is 2.24. The Morgan fingerprint density at radius 2 is 2.38 bits per heavy atom. The molecule has 0 aromatic carbocycles. The number of fused-ring (bicyclic) bond motifs is 1. The van der Waals surface area contributed by atoms with Crippen molar-refractivity contribution in [1.29, 1.82) is 0 Å². The fraction of sp³-hybridized carbons (Fsp3) is 0.500. The van der Waals surface area contributed by atoms with Gasteiger partial charge in [-0.25, -0.2) is 14.8 Å².